The number of benzene rings is 1. The molecule has 0 bridgehead atoms. The number of aromatic nitrogens is 1. The number of amides is 2. The van der Waals surface area contributed by atoms with Gasteiger partial charge in [-0.05, 0) is 76.9 Å². The van der Waals surface area contributed by atoms with Crippen LogP contribution in [0.1, 0.15) is 81.6 Å². The molecule has 0 spiro atoms. The van der Waals surface area contributed by atoms with Gasteiger partial charge < -0.3 is 24.4 Å². The van der Waals surface area contributed by atoms with Crippen molar-refractivity contribution < 1.29 is 14.3 Å². The van der Waals surface area contributed by atoms with Gasteiger partial charge in [-0.1, -0.05) is 32.1 Å². The summed E-state index contributed by atoms with van der Waals surface area (Å²) >= 11 is 0. The standard InChI is InChI=1S/C29H42N4O3/c1-29(28(35)30-23-11-6-3-4-7-12-23)21-32-25-20-24(36-2)14-13-22(25)19-26(32)27(34)33(29)18-10-17-31-15-8-5-9-16-31/h13-14,19-20,23H,3-12,15-18,21H2,1-2H3,(H,30,35)/t29-/m1/s1. The van der Waals surface area contributed by atoms with E-state index >= 15 is 0 Å². The quantitative estimate of drug-likeness (QED) is 0.572. The number of hydrogen-bond donors (Lipinski definition) is 1. The summed E-state index contributed by atoms with van der Waals surface area (Å²) in [5.41, 5.74) is 0.669. The first kappa shape index (κ1) is 25.1. The molecule has 36 heavy (non-hydrogen) atoms. The number of hydrogen-bond acceptors (Lipinski definition) is 4. The van der Waals surface area contributed by atoms with Crippen LogP contribution in [0.25, 0.3) is 10.9 Å². The summed E-state index contributed by atoms with van der Waals surface area (Å²) < 4.78 is 7.50. The zero-order valence-corrected chi connectivity index (χ0v) is 22.1. The minimum atomic E-state index is -0.937. The molecule has 1 aromatic carbocycles. The Morgan fingerprint density at radius 3 is 2.47 bits per heavy atom. The van der Waals surface area contributed by atoms with Gasteiger partial charge in [0.05, 0.1) is 19.2 Å². The van der Waals surface area contributed by atoms with E-state index in [1.807, 2.05) is 40.7 Å². The average Bonchev–Trinajstić information content (AvgIpc) is 3.05. The maximum Gasteiger partial charge on any atom is 0.271 e. The minimum Gasteiger partial charge on any atom is -0.497 e. The van der Waals surface area contributed by atoms with Crippen molar-refractivity contribution in [1.29, 1.82) is 0 Å². The van der Waals surface area contributed by atoms with Gasteiger partial charge in [0, 0.05) is 24.0 Å². The second kappa shape index (κ2) is 10.8. The van der Waals surface area contributed by atoms with Gasteiger partial charge in [-0.3, -0.25) is 9.59 Å². The van der Waals surface area contributed by atoms with Crippen LogP contribution in [0.15, 0.2) is 24.3 Å². The molecule has 2 amide bonds. The normalized spacial score (nSPS) is 23.9. The fourth-order valence-electron chi connectivity index (χ4n) is 6.41. The highest BCUT2D eigenvalue weighted by Gasteiger charge is 2.48. The Kier molecular flexibility index (Phi) is 7.56. The zero-order chi connectivity index (χ0) is 25.1. The van der Waals surface area contributed by atoms with Gasteiger partial charge in [-0.2, -0.15) is 0 Å². The predicted molar refractivity (Wildman–Crippen MR) is 142 cm³/mol. The van der Waals surface area contributed by atoms with Gasteiger partial charge in [-0.25, -0.2) is 0 Å². The SMILES string of the molecule is COc1ccc2cc3n(c2c1)C[C@](C)(C(=O)NC1CCCCCC1)N(CCCN1CCCCC1)C3=O. The van der Waals surface area contributed by atoms with Gasteiger partial charge in [-0.15, -0.1) is 0 Å². The van der Waals surface area contributed by atoms with Crippen molar-refractivity contribution in [2.24, 2.45) is 0 Å². The number of nitrogens with one attached hydrogen (secondary N) is 1. The van der Waals surface area contributed by atoms with Gasteiger partial charge in [0.15, 0.2) is 0 Å². The van der Waals surface area contributed by atoms with Crippen LogP contribution in [-0.4, -0.2) is 71.1 Å². The lowest BCUT2D eigenvalue weighted by Gasteiger charge is -2.45. The lowest BCUT2D eigenvalue weighted by molar-refractivity contribution is -0.133. The Morgan fingerprint density at radius 2 is 1.75 bits per heavy atom. The van der Waals surface area contributed by atoms with Crippen LogP contribution in [0.3, 0.4) is 0 Å². The smallest absolute Gasteiger partial charge is 0.271 e. The van der Waals surface area contributed by atoms with Crippen LogP contribution < -0.4 is 10.1 Å². The Bertz CT molecular complexity index is 1080. The number of ether oxygens (including phenoxy) is 1. The van der Waals surface area contributed by atoms with Gasteiger partial charge in [0.1, 0.15) is 17.0 Å². The van der Waals surface area contributed by atoms with Crippen molar-refractivity contribution in [2.45, 2.75) is 89.3 Å². The van der Waals surface area contributed by atoms with Crippen LogP contribution in [0, 0.1) is 0 Å². The number of nitrogens with zero attached hydrogens (tertiary/aromatic N) is 3. The van der Waals surface area contributed by atoms with E-state index in [2.05, 4.69) is 10.2 Å². The fraction of sp³-hybridized carbons (Fsp3) is 0.655. The van der Waals surface area contributed by atoms with E-state index < -0.39 is 5.54 Å². The summed E-state index contributed by atoms with van der Waals surface area (Å²) in [6.07, 6.45) is 11.6. The highest BCUT2D eigenvalue weighted by molar-refractivity contribution is 6.03. The van der Waals surface area contributed by atoms with Gasteiger partial charge in [0.25, 0.3) is 5.91 Å². The topological polar surface area (TPSA) is 66.8 Å². The van der Waals surface area contributed by atoms with Crippen molar-refractivity contribution in [1.82, 2.24) is 19.7 Å². The molecule has 1 aromatic heterocycles. The number of fused-ring (bicyclic) bond motifs is 3. The third-order valence-electron chi connectivity index (χ3n) is 8.62. The molecule has 5 rings (SSSR count). The number of carbonyl (C=O) groups excluding carboxylic acids is 2. The summed E-state index contributed by atoms with van der Waals surface area (Å²) in [7, 11) is 1.65. The Hall–Kier alpha value is -2.54. The first-order valence-corrected chi connectivity index (χ1v) is 14.0. The van der Waals surface area contributed by atoms with E-state index in [1.54, 1.807) is 7.11 Å². The van der Waals surface area contributed by atoms with Crippen LogP contribution >= 0.6 is 0 Å². The molecule has 2 aromatic rings. The van der Waals surface area contributed by atoms with E-state index in [1.165, 1.54) is 32.1 Å². The molecule has 7 heteroatoms. The fourth-order valence-corrected chi connectivity index (χ4v) is 6.41. The largest absolute Gasteiger partial charge is 0.497 e. The summed E-state index contributed by atoms with van der Waals surface area (Å²) in [5.74, 6) is 0.689. The number of carbonyl (C=O) groups is 2. The average molecular weight is 495 g/mol. The summed E-state index contributed by atoms with van der Waals surface area (Å²) in [6.45, 7) is 6.27. The number of piperidine rings is 1. The second-order valence-electron chi connectivity index (χ2n) is 11.2. The molecular weight excluding hydrogens is 452 g/mol. The first-order valence-electron chi connectivity index (χ1n) is 14.0. The van der Waals surface area contributed by atoms with E-state index in [9.17, 15) is 9.59 Å². The molecule has 0 unspecified atom stereocenters. The first-order chi connectivity index (χ1) is 17.5. The highest BCUT2D eigenvalue weighted by atomic mass is 16.5. The van der Waals surface area contributed by atoms with E-state index in [0.717, 1.165) is 68.4 Å². The summed E-state index contributed by atoms with van der Waals surface area (Å²) in [5, 5.41) is 4.37. The maximum absolute atomic E-state index is 14.0. The molecule has 1 aliphatic carbocycles. The van der Waals surface area contributed by atoms with Crippen LogP contribution in [0.2, 0.25) is 0 Å². The van der Waals surface area contributed by atoms with Crippen LogP contribution in [0.4, 0.5) is 0 Å². The molecule has 2 fully saturated rings. The molecule has 3 aliphatic rings. The van der Waals surface area contributed by atoms with E-state index in [-0.39, 0.29) is 17.9 Å². The van der Waals surface area contributed by atoms with Crippen molar-refractivity contribution in [3.63, 3.8) is 0 Å². The van der Waals surface area contributed by atoms with Crippen molar-refractivity contribution in [3.8, 4) is 5.75 Å². The van der Waals surface area contributed by atoms with Gasteiger partial charge >= 0.3 is 0 Å². The molecule has 7 nitrogen and oxygen atoms in total. The number of rotatable bonds is 7. The van der Waals surface area contributed by atoms with Crippen molar-refractivity contribution in [2.75, 3.05) is 33.3 Å². The number of likely N-dealkylation sites (tertiary alicyclic amines) is 1. The summed E-state index contributed by atoms with van der Waals surface area (Å²) in [6, 6.07) is 8.06. The Balaban J connectivity index is 1.43. The molecular formula is C29H42N4O3. The summed E-state index contributed by atoms with van der Waals surface area (Å²) in [4.78, 5) is 32.3. The molecule has 2 aliphatic heterocycles. The third kappa shape index (κ3) is 4.99. The molecule has 0 radical (unpaired) electrons. The van der Waals surface area contributed by atoms with Crippen molar-refractivity contribution >= 4 is 22.7 Å². The predicted octanol–water partition coefficient (Wildman–Crippen LogP) is 4.58. The molecule has 1 saturated heterocycles. The van der Waals surface area contributed by atoms with Crippen LogP contribution in [-0.2, 0) is 11.3 Å². The minimum absolute atomic E-state index is 0.0175. The lowest BCUT2D eigenvalue weighted by atomic mass is 9.93. The highest BCUT2D eigenvalue weighted by Crippen LogP contribution is 2.34. The lowest BCUT2D eigenvalue weighted by Crippen LogP contribution is -2.65. The van der Waals surface area contributed by atoms with E-state index in [4.69, 9.17) is 4.74 Å². The molecule has 3 heterocycles. The van der Waals surface area contributed by atoms with E-state index in [0.29, 0.717) is 18.8 Å². The second-order valence-corrected chi connectivity index (χ2v) is 11.2. The molecule has 1 N–H and O–H groups in total. The molecule has 196 valence electrons. The monoisotopic (exact) mass is 494 g/mol. The van der Waals surface area contributed by atoms with Gasteiger partial charge in [0.2, 0.25) is 5.91 Å². The van der Waals surface area contributed by atoms with Crippen molar-refractivity contribution in [3.05, 3.63) is 30.0 Å². The Morgan fingerprint density at radius 1 is 1.03 bits per heavy atom. The number of methoxy groups -OCH3 is 1. The molecule has 1 saturated carbocycles. The third-order valence-corrected chi connectivity index (χ3v) is 8.62. The molecule has 1 atom stereocenters. The van der Waals surface area contributed by atoms with Crippen LogP contribution in [0.5, 0.6) is 5.75 Å². The zero-order valence-electron chi connectivity index (χ0n) is 22.1. The maximum atomic E-state index is 14.0. The Labute approximate surface area is 215 Å².